The zero-order valence-corrected chi connectivity index (χ0v) is 12.8. The van der Waals surface area contributed by atoms with Crippen molar-refractivity contribution in [2.24, 2.45) is 0 Å². The maximum absolute atomic E-state index is 12.3. The predicted octanol–water partition coefficient (Wildman–Crippen LogP) is 4.99. The van der Waals surface area contributed by atoms with Gasteiger partial charge in [-0.2, -0.15) is 0 Å². The lowest BCUT2D eigenvalue weighted by molar-refractivity contribution is 0.209. The fourth-order valence-electron chi connectivity index (χ4n) is 2.30. The first kappa shape index (κ1) is 14.9. The van der Waals surface area contributed by atoms with Gasteiger partial charge in [-0.05, 0) is 35.4 Å². The highest BCUT2D eigenvalue weighted by atomic mass is 16.6. The van der Waals surface area contributed by atoms with Crippen LogP contribution in [0.1, 0.15) is 0 Å². The Morgan fingerprint density at radius 2 is 1.39 bits per heavy atom. The average Bonchev–Trinajstić information content (AvgIpc) is 2.63. The SMILES string of the molecule is CN(C(=O)Oc1cccc(-c2ccccc2)c1)c1ccccc1. The van der Waals surface area contributed by atoms with Crippen molar-refractivity contribution in [3.05, 3.63) is 84.9 Å². The minimum atomic E-state index is -0.415. The Hall–Kier alpha value is -3.07. The summed E-state index contributed by atoms with van der Waals surface area (Å²) in [7, 11) is 1.69. The van der Waals surface area contributed by atoms with Crippen LogP contribution in [-0.2, 0) is 0 Å². The second kappa shape index (κ2) is 6.79. The van der Waals surface area contributed by atoms with E-state index in [1.165, 1.54) is 4.90 Å². The molecule has 23 heavy (non-hydrogen) atoms. The van der Waals surface area contributed by atoms with Gasteiger partial charge < -0.3 is 4.74 Å². The van der Waals surface area contributed by atoms with E-state index in [0.29, 0.717) is 5.75 Å². The van der Waals surface area contributed by atoms with Crippen LogP contribution in [0.15, 0.2) is 84.9 Å². The second-order valence-electron chi connectivity index (χ2n) is 5.16. The minimum absolute atomic E-state index is 0.415. The van der Waals surface area contributed by atoms with Crippen LogP contribution in [0.5, 0.6) is 5.75 Å². The van der Waals surface area contributed by atoms with Crippen molar-refractivity contribution < 1.29 is 9.53 Å². The molecule has 0 aliphatic rings. The number of hydrogen-bond donors (Lipinski definition) is 0. The van der Waals surface area contributed by atoms with E-state index in [1.54, 1.807) is 13.1 Å². The number of carbonyl (C=O) groups excluding carboxylic acids is 1. The summed E-state index contributed by atoms with van der Waals surface area (Å²) in [6, 6.07) is 26.9. The van der Waals surface area contributed by atoms with Crippen molar-refractivity contribution in [3.8, 4) is 16.9 Å². The largest absolute Gasteiger partial charge is 0.419 e. The monoisotopic (exact) mass is 303 g/mol. The van der Waals surface area contributed by atoms with Gasteiger partial charge in [0.15, 0.2) is 0 Å². The molecule has 3 nitrogen and oxygen atoms in total. The van der Waals surface area contributed by atoms with Crippen LogP contribution in [0, 0.1) is 0 Å². The van der Waals surface area contributed by atoms with E-state index in [4.69, 9.17) is 4.74 Å². The zero-order valence-electron chi connectivity index (χ0n) is 12.8. The van der Waals surface area contributed by atoms with Crippen molar-refractivity contribution in [1.29, 1.82) is 0 Å². The molecule has 0 fully saturated rings. The number of para-hydroxylation sites is 1. The summed E-state index contributed by atoms with van der Waals surface area (Å²) in [5.41, 5.74) is 2.89. The second-order valence-corrected chi connectivity index (χ2v) is 5.16. The number of hydrogen-bond acceptors (Lipinski definition) is 2. The van der Waals surface area contributed by atoms with Gasteiger partial charge in [0.2, 0.25) is 0 Å². The standard InChI is InChI=1S/C20H17NO2/c1-21(18-12-6-3-7-13-18)20(22)23-19-14-8-11-17(15-19)16-9-4-2-5-10-16/h2-15H,1H3. The van der Waals surface area contributed by atoms with Crippen molar-refractivity contribution in [2.45, 2.75) is 0 Å². The van der Waals surface area contributed by atoms with Gasteiger partial charge in [-0.1, -0.05) is 60.7 Å². The molecule has 0 N–H and O–H groups in total. The van der Waals surface area contributed by atoms with Crippen LogP contribution in [0.3, 0.4) is 0 Å². The van der Waals surface area contributed by atoms with Gasteiger partial charge >= 0.3 is 6.09 Å². The Labute approximate surface area is 135 Å². The van der Waals surface area contributed by atoms with Crippen molar-refractivity contribution in [3.63, 3.8) is 0 Å². The molecule has 0 unspecified atom stereocenters. The Balaban J connectivity index is 1.77. The topological polar surface area (TPSA) is 29.5 Å². The molecule has 0 aliphatic heterocycles. The maximum atomic E-state index is 12.3. The highest BCUT2D eigenvalue weighted by Gasteiger charge is 2.13. The molecule has 0 saturated heterocycles. The quantitative estimate of drug-likeness (QED) is 0.682. The number of carbonyl (C=O) groups is 1. The van der Waals surface area contributed by atoms with E-state index in [2.05, 4.69) is 0 Å². The van der Waals surface area contributed by atoms with Crippen LogP contribution in [0.25, 0.3) is 11.1 Å². The highest BCUT2D eigenvalue weighted by molar-refractivity contribution is 5.88. The van der Waals surface area contributed by atoms with Gasteiger partial charge in [0.1, 0.15) is 5.75 Å². The third kappa shape index (κ3) is 3.58. The lowest BCUT2D eigenvalue weighted by Gasteiger charge is -2.17. The third-order valence-electron chi connectivity index (χ3n) is 3.56. The van der Waals surface area contributed by atoms with E-state index >= 15 is 0 Å². The normalized spacial score (nSPS) is 10.1. The van der Waals surface area contributed by atoms with E-state index in [0.717, 1.165) is 16.8 Å². The maximum Gasteiger partial charge on any atom is 0.419 e. The lowest BCUT2D eigenvalue weighted by atomic mass is 10.1. The van der Waals surface area contributed by atoms with Gasteiger partial charge in [-0.25, -0.2) is 4.79 Å². The molecule has 0 atom stereocenters. The summed E-state index contributed by atoms with van der Waals surface area (Å²) in [6.07, 6.45) is -0.415. The Morgan fingerprint density at radius 3 is 2.09 bits per heavy atom. The summed E-state index contributed by atoms with van der Waals surface area (Å²) in [5.74, 6) is 0.527. The molecule has 114 valence electrons. The lowest BCUT2D eigenvalue weighted by Crippen LogP contribution is -2.29. The van der Waals surface area contributed by atoms with Crippen molar-refractivity contribution in [1.82, 2.24) is 0 Å². The molecular formula is C20H17NO2. The first-order valence-corrected chi connectivity index (χ1v) is 7.40. The summed E-state index contributed by atoms with van der Waals surface area (Å²) in [4.78, 5) is 13.7. The molecule has 0 spiro atoms. The molecule has 0 aromatic heterocycles. The van der Waals surface area contributed by atoms with Crippen LogP contribution in [0.4, 0.5) is 10.5 Å². The summed E-state index contributed by atoms with van der Waals surface area (Å²) in [6.45, 7) is 0. The van der Waals surface area contributed by atoms with Crippen molar-refractivity contribution >= 4 is 11.8 Å². The molecular weight excluding hydrogens is 286 g/mol. The molecule has 3 heteroatoms. The summed E-state index contributed by atoms with van der Waals surface area (Å²) in [5, 5.41) is 0. The number of nitrogens with zero attached hydrogens (tertiary/aromatic N) is 1. The molecule has 0 heterocycles. The number of amides is 1. The van der Waals surface area contributed by atoms with Gasteiger partial charge in [0.25, 0.3) is 0 Å². The highest BCUT2D eigenvalue weighted by Crippen LogP contribution is 2.24. The average molecular weight is 303 g/mol. The fraction of sp³-hybridized carbons (Fsp3) is 0.0500. The van der Waals surface area contributed by atoms with Crippen LogP contribution >= 0.6 is 0 Å². The van der Waals surface area contributed by atoms with E-state index in [9.17, 15) is 4.79 Å². The molecule has 0 radical (unpaired) electrons. The molecule has 3 aromatic rings. The van der Waals surface area contributed by atoms with Gasteiger partial charge in [0.05, 0.1) is 0 Å². The summed E-state index contributed by atoms with van der Waals surface area (Å²) >= 11 is 0. The van der Waals surface area contributed by atoms with Gasteiger partial charge in [-0.15, -0.1) is 0 Å². The van der Waals surface area contributed by atoms with Crippen LogP contribution in [0.2, 0.25) is 0 Å². The smallest absolute Gasteiger partial charge is 0.410 e. The first-order chi connectivity index (χ1) is 11.2. The fourth-order valence-corrected chi connectivity index (χ4v) is 2.30. The Bertz CT molecular complexity index is 785. The molecule has 0 saturated carbocycles. The summed E-state index contributed by atoms with van der Waals surface area (Å²) < 4.78 is 5.48. The Kier molecular flexibility index (Phi) is 4.39. The van der Waals surface area contributed by atoms with E-state index in [-0.39, 0.29) is 0 Å². The molecule has 3 aromatic carbocycles. The minimum Gasteiger partial charge on any atom is -0.410 e. The van der Waals surface area contributed by atoms with E-state index in [1.807, 2.05) is 78.9 Å². The number of rotatable bonds is 3. The van der Waals surface area contributed by atoms with Crippen molar-refractivity contribution in [2.75, 3.05) is 11.9 Å². The van der Waals surface area contributed by atoms with Crippen LogP contribution in [-0.4, -0.2) is 13.1 Å². The predicted molar refractivity (Wildman–Crippen MR) is 92.7 cm³/mol. The first-order valence-electron chi connectivity index (χ1n) is 7.40. The van der Waals surface area contributed by atoms with E-state index < -0.39 is 6.09 Å². The number of benzene rings is 3. The third-order valence-corrected chi connectivity index (χ3v) is 3.56. The van der Waals surface area contributed by atoms with Gasteiger partial charge in [0, 0.05) is 12.7 Å². The Morgan fingerprint density at radius 1 is 0.783 bits per heavy atom. The number of anilines is 1. The zero-order chi connectivity index (χ0) is 16.1. The van der Waals surface area contributed by atoms with Crippen LogP contribution < -0.4 is 9.64 Å². The molecule has 0 bridgehead atoms. The molecule has 3 rings (SSSR count). The molecule has 0 aliphatic carbocycles. The molecule has 1 amide bonds. The van der Waals surface area contributed by atoms with Gasteiger partial charge in [-0.3, -0.25) is 4.90 Å². The number of ether oxygens (including phenoxy) is 1.